The number of halogens is 1. The van der Waals surface area contributed by atoms with Crippen molar-refractivity contribution in [2.75, 3.05) is 45.6 Å². The summed E-state index contributed by atoms with van der Waals surface area (Å²) in [6, 6.07) is 2.58. The lowest BCUT2D eigenvalue weighted by atomic mass is 9.87. The van der Waals surface area contributed by atoms with Crippen molar-refractivity contribution in [1.29, 1.82) is 0 Å². The Bertz CT molecular complexity index is 922. The number of aryl methyl sites for hydroxylation is 1. The Kier molecular flexibility index (Phi) is 8.75. The summed E-state index contributed by atoms with van der Waals surface area (Å²) in [7, 11) is -1.77. The molecule has 0 atom stereocenters. The van der Waals surface area contributed by atoms with Gasteiger partial charge in [0.05, 0.1) is 18.4 Å². The zero-order chi connectivity index (χ0) is 24.1. The molecule has 0 radical (unpaired) electrons. The van der Waals surface area contributed by atoms with Gasteiger partial charge in [-0.25, -0.2) is 12.8 Å². The Morgan fingerprint density at radius 2 is 1.76 bits per heavy atom. The molecule has 186 valence electrons. The molecule has 2 aliphatic rings. The van der Waals surface area contributed by atoms with Crippen LogP contribution >= 0.6 is 0 Å². The van der Waals surface area contributed by atoms with Gasteiger partial charge in [-0.15, -0.1) is 0 Å². The molecule has 1 aromatic rings. The summed E-state index contributed by atoms with van der Waals surface area (Å²) in [5.41, 5.74) is 0.695. The van der Waals surface area contributed by atoms with Crippen LogP contribution in [0.1, 0.15) is 67.8 Å². The first-order valence-corrected chi connectivity index (χ1v) is 13.7. The number of nitrogens with zero attached hydrogens (tertiary/aromatic N) is 2. The van der Waals surface area contributed by atoms with Crippen molar-refractivity contribution >= 4 is 15.9 Å². The molecule has 1 N–H and O–H groups in total. The monoisotopic (exact) mass is 483 g/mol. The van der Waals surface area contributed by atoms with Crippen molar-refractivity contribution in [3.8, 4) is 5.75 Å². The van der Waals surface area contributed by atoms with Crippen molar-refractivity contribution in [3.63, 3.8) is 0 Å². The second-order valence-corrected chi connectivity index (χ2v) is 11.4. The lowest BCUT2D eigenvalue weighted by Gasteiger charge is -2.47. The van der Waals surface area contributed by atoms with Gasteiger partial charge in [-0.2, -0.15) is 4.31 Å². The molecule has 3 rings (SSSR count). The summed E-state index contributed by atoms with van der Waals surface area (Å²) in [6.45, 7) is 6.38. The van der Waals surface area contributed by atoms with Crippen LogP contribution in [0.2, 0.25) is 0 Å². The number of amides is 1. The third-order valence-corrected chi connectivity index (χ3v) is 9.16. The van der Waals surface area contributed by atoms with Crippen LogP contribution in [0.4, 0.5) is 4.39 Å². The first-order valence-electron chi connectivity index (χ1n) is 12.1. The van der Waals surface area contributed by atoms with Gasteiger partial charge in [0.1, 0.15) is 11.6 Å². The Hall–Kier alpha value is -1.71. The molecule has 1 aromatic carbocycles. The van der Waals surface area contributed by atoms with E-state index in [2.05, 4.69) is 10.2 Å². The number of ether oxygens (including phenoxy) is 1. The molecule has 1 amide bonds. The number of carbonyl (C=O) groups is 1. The molecule has 0 bridgehead atoms. The van der Waals surface area contributed by atoms with E-state index in [0.29, 0.717) is 50.3 Å². The number of carbonyl (C=O) groups excluding carboxylic acids is 1. The van der Waals surface area contributed by atoms with E-state index in [1.165, 1.54) is 32.1 Å². The smallest absolute Gasteiger partial charge is 0.255 e. The lowest BCUT2D eigenvalue weighted by molar-refractivity contribution is 0.0391. The van der Waals surface area contributed by atoms with Crippen molar-refractivity contribution in [3.05, 3.63) is 29.1 Å². The fraction of sp³-hybridized carbons (Fsp3) is 0.708. The molecular weight excluding hydrogens is 445 g/mol. The second-order valence-electron chi connectivity index (χ2n) is 9.32. The minimum atomic E-state index is -3.20. The van der Waals surface area contributed by atoms with Gasteiger partial charge in [0.25, 0.3) is 5.91 Å². The van der Waals surface area contributed by atoms with Gasteiger partial charge < -0.3 is 10.1 Å². The van der Waals surface area contributed by atoms with E-state index in [1.54, 1.807) is 11.2 Å². The van der Waals surface area contributed by atoms with E-state index < -0.39 is 15.8 Å². The topological polar surface area (TPSA) is 79.0 Å². The summed E-state index contributed by atoms with van der Waals surface area (Å²) in [4.78, 5) is 15.5. The minimum Gasteiger partial charge on any atom is -0.496 e. The minimum absolute atomic E-state index is 0.188. The van der Waals surface area contributed by atoms with Gasteiger partial charge in [0.15, 0.2) is 0 Å². The van der Waals surface area contributed by atoms with Gasteiger partial charge in [-0.3, -0.25) is 9.69 Å². The molecule has 0 unspecified atom stereocenters. The maximum Gasteiger partial charge on any atom is 0.255 e. The Morgan fingerprint density at radius 3 is 2.33 bits per heavy atom. The second kappa shape index (κ2) is 11.1. The van der Waals surface area contributed by atoms with Crippen LogP contribution in [0.15, 0.2) is 12.1 Å². The molecule has 0 aromatic heterocycles. The van der Waals surface area contributed by atoms with Crippen molar-refractivity contribution in [2.24, 2.45) is 0 Å². The molecule has 1 heterocycles. The predicted octanol–water partition coefficient (Wildman–Crippen LogP) is 3.32. The highest BCUT2D eigenvalue weighted by Crippen LogP contribution is 2.34. The van der Waals surface area contributed by atoms with Crippen LogP contribution in [0.3, 0.4) is 0 Å². The summed E-state index contributed by atoms with van der Waals surface area (Å²) < 4.78 is 45.7. The number of rotatable bonds is 8. The lowest BCUT2D eigenvalue weighted by Crippen LogP contribution is -2.61. The predicted molar refractivity (Wildman–Crippen MR) is 128 cm³/mol. The van der Waals surface area contributed by atoms with Crippen molar-refractivity contribution in [1.82, 2.24) is 14.5 Å². The maximum absolute atomic E-state index is 13.8. The zero-order valence-corrected chi connectivity index (χ0v) is 21.0. The van der Waals surface area contributed by atoms with Gasteiger partial charge >= 0.3 is 0 Å². The molecule has 7 nitrogen and oxygen atoms in total. The molecule has 1 aliphatic carbocycles. The van der Waals surface area contributed by atoms with Crippen LogP contribution in [0.25, 0.3) is 0 Å². The van der Waals surface area contributed by atoms with Crippen LogP contribution in [-0.2, 0) is 10.0 Å². The maximum atomic E-state index is 13.8. The Labute approximate surface area is 197 Å². The number of sulfonamides is 1. The van der Waals surface area contributed by atoms with Gasteiger partial charge in [-0.05, 0) is 37.8 Å². The van der Waals surface area contributed by atoms with Crippen molar-refractivity contribution in [2.45, 2.75) is 64.3 Å². The van der Waals surface area contributed by atoms with Gasteiger partial charge in [0.2, 0.25) is 10.0 Å². The number of methoxy groups -OCH3 is 1. The summed E-state index contributed by atoms with van der Waals surface area (Å²) >= 11 is 0. The van der Waals surface area contributed by atoms with Crippen LogP contribution in [0.5, 0.6) is 5.75 Å². The Morgan fingerprint density at radius 1 is 1.12 bits per heavy atom. The quantitative estimate of drug-likeness (QED) is 0.574. The first-order chi connectivity index (χ1) is 15.7. The number of benzene rings is 1. The number of hydrogen-bond acceptors (Lipinski definition) is 5. The van der Waals surface area contributed by atoms with Crippen molar-refractivity contribution < 1.29 is 22.3 Å². The third kappa shape index (κ3) is 6.05. The fourth-order valence-corrected chi connectivity index (χ4v) is 6.81. The van der Waals surface area contributed by atoms with E-state index in [1.807, 2.05) is 6.92 Å². The number of piperazine rings is 1. The Balaban J connectivity index is 1.75. The highest BCUT2D eigenvalue weighted by molar-refractivity contribution is 7.89. The van der Waals surface area contributed by atoms with E-state index >= 15 is 0 Å². The van der Waals surface area contributed by atoms with Crippen LogP contribution < -0.4 is 10.1 Å². The molecule has 0 spiro atoms. The standard InChI is InChI=1S/C24H38FN3O4S/c1-4-15-33(30,31)28-13-11-27(12-14-28)24(9-7-5-6-8-10-24)18-26-23(29)22-19(2)16-20(25)17-21(22)32-3/h16-17H,4-15,18H2,1-3H3,(H,26,29). The molecule has 1 saturated heterocycles. The molecular formula is C24H38FN3O4S. The van der Waals surface area contributed by atoms with Crippen LogP contribution in [0, 0.1) is 12.7 Å². The normalized spacial score (nSPS) is 20.2. The first kappa shape index (κ1) is 25.9. The summed E-state index contributed by atoms with van der Waals surface area (Å²) in [5.74, 6) is -0.281. The van der Waals surface area contributed by atoms with Gasteiger partial charge in [0, 0.05) is 44.3 Å². The zero-order valence-electron chi connectivity index (χ0n) is 20.2. The van der Waals surface area contributed by atoms with Gasteiger partial charge in [-0.1, -0.05) is 32.6 Å². The SMILES string of the molecule is CCCS(=O)(=O)N1CCN(C2(CNC(=O)c3c(C)cc(F)cc3OC)CCCCCC2)CC1. The highest BCUT2D eigenvalue weighted by Gasteiger charge is 2.40. The van der Waals surface area contributed by atoms with E-state index in [-0.39, 0.29) is 22.9 Å². The van der Waals surface area contributed by atoms with Crippen LogP contribution in [-0.4, -0.2) is 74.7 Å². The van der Waals surface area contributed by atoms with E-state index in [9.17, 15) is 17.6 Å². The molecule has 1 saturated carbocycles. The number of nitrogens with one attached hydrogen (secondary N) is 1. The highest BCUT2D eigenvalue weighted by atomic mass is 32.2. The average molecular weight is 484 g/mol. The van der Waals surface area contributed by atoms with E-state index in [4.69, 9.17) is 4.74 Å². The van der Waals surface area contributed by atoms with E-state index in [0.717, 1.165) is 25.7 Å². The molecule has 33 heavy (non-hydrogen) atoms. The summed E-state index contributed by atoms with van der Waals surface area (Å²) in [5, 5.41) is 3.12. The molecule has 9 heteroatoms. The molecule has 2 fully saturated rings. The molecule has 1 aliphatic heterocycles. The summed E-state index contributed by atoms with van der Waals surface area (Å²) in [6.07, 6.45) is 7.07. The largest absolute Gasteiger partial charge is 0.496 e. The number of hydrogen-bond donors (Lipinski definition) is 1. The average Bonchev–Trinajstić information content (AvgIpc) is 3.03. The fourth-order valence-electron chi connectivity index (χ4n) is 5.32. The third-order valence-electron chi connectivity index (χ3n) is 7.09.